The second kappa shape index (κ2) is 14.2. The third kappa shape index (κ3) is 10.9. The van der Waals surface area contributed by atoms with Gasteiger partial charge in [0.1, 0.15) is 29.5 Å². The van der Waals surface area contributed by atoms with E-state index in [-0.39, 0.29) is 25.2 Å². The molecule has 0 saturated carbocycles. The van der Waals surface area contributed by atoms with Crippen molar-refractivity contribution in [3.63, 3.8) is 0 Å². The first-order valence-electron chi connectivity index (χ1n) is 12.1. The lowest BCUT2D eigenvalue weighted by Crippen LogP contribution is -2.59. The van der Waals surface area contributed by atoms with E-state index >= 15 is 0 Å². The van der Waals surface area contributed by atoms with Gasteiger partial charge in [-0.2, -0.15) is 13.2 Å². The molecular formula is C26H32F3N3O8. The van der Waals surface area contributed by atoms with Crippen LogP contribution in [0.4, 0.5) is 18.0 Å². The van der Waals surface area contributed by atoms with Crippen molar-refractivity contribution >= 4 is 18.0 Å². The summed E-state index contributed by atoms with van der Waals surface area (Å²) in [6.45, 7) is 6.57. The van der Waals surface area contributed by atoms with E-state index in [1.807, 2.05) is 20.8 Å². The fraction of sp³-hybridized carbons (Fsp3) is 0.462. The fourth-order valence-corrected chi connectivity index (χ4v) is 3.34. The summed E-state index contributed by atoms with van der Waals surface area (Å²) < 4.78 is 53.9. The molecule has 1 unspecified atom stereocenters. The van der Waals surface area contributed by atoms with Crippen molar-refractivity contribution < 1.29 is 51.6 Å². The molecule has 1 aromatic carbocycles. The molecule has 14 heteroatoms. The van der Waals surface area contributed by atoms with Gasteiger partial charge in [-0.25, -0.2) is 9.59 Å². The number of carbonyl (C=O) groups excluding carboxylic acids is 2. The summed E-state index contributed by atoms with van der Waals surface area (Å²) in [6, 6.07) is 10.2. The van der Waals surface area contributed by atoms with E-state index < -0.39 is 23.8 Å². The maximum Gasteiger partial charge on any atom is 0.490 e. The third-order valence-electron chi connectivity index (χ3n) is 5.20. The number of hydrogen-bond acceptors (Lipinski definition) is 8. The van der Waals surface area contributed by atoms with Crippen molar-refractivity contribution in [3.8, 4) is 17.2 Å². The van der Waals surface area contributed by atoms with Crippen LogP contribution in [0.25, 0.3) is 0 Å². The maximum atomic E-state index is 13.0. The van der Waals surface area contributed by atoms with Crippen molar-refractivity contribution in [3.05, 3.63) is 48.8 Å². The first kappa shape index (κ1) is 32.0. The van der Waals surface area contributed by atoms with Crippen molar-refractivity contribution in [2.75, 3.05) is 40.0 Å². The summed E-state index contributed by atoms with van der Waals surface area (Å²) in [7, 11) is 1.59. The average molecular weight is 572 g/mol. The molecular weight excluding hydrogens is 539 g/mol. The van der Waals surface area contributed by atoms with Crippen LogP contribution in [0.15, 0.2) is 48.8 Å². The Morgan fingerprint density at radius 1 is 1.00 bits per heavy atom. The number of carbonyl (C=O) groups is 3. The average Bonchev–Trinajstić information content (AvgIpc) is 2.90. The predicted octanol–water partition coefficient (Wildman–Crippen LogP) is 3.63. The van der Waals surface area contributed by atoms with Crippen molar-refractivity contribution in [2.24, 2.45) is 0 Å². The normalized spacial score (nSPS) is 15.3. The van der Waals surface area contributed by atoms with E-state index in [4.69, 9.17) is 28.8 Å². The van der Waals surface area contributed by atoms with Gasteiger partial charge in [0.25, 0.3) is 5.91 Å². The van der Waals surface area contributed by atoms with Gasteiger partial charge in [0, 0.05) is 25.8 Å². The molecule has 1 atom stereocenters. The Morgan fingerprint density at radius 2 is 1.62 bits per heavy atom. The van der Waals surface area contributed by atoms with Gasteiger partial charge in [0.2, 0.25) is 0 Å². The molecule has 0 radical (unpaired) electrons. The molecule has 0 aliphatic carbocycles. The largest absolute Gasteiger partial charge is 0.497 e. The third-order valence-corrected chi connectivity index (χ3v) is 5.20. The molecule has 2 aromatic rings. The highest BCUT2D eigenvalue weighted by Gasteiger charge is 2.38. The lowest BCUT2D eigenvalue weighted by atomic mass is 10.1. The molecule has 0 bridgehead atoms. The quantitative estimate of drug-likeness (QED) is 0.530. The van der Waals surface area contributed by atoms with Crippen LogP contribution in [0.5, 0.6) is 17.2 Å². The number of hydrogen-bond donors (Lipinski definition) is 1. The van der Waals surface area contributed by atoms with Crippen LogP contribution in [0, 0.1) is 0 Å². The maximum absolute atomic E-state index is 13.0. The Labute approximate surface area is 229 Å². The monoisotopic (exact) mass is 571 g/mol. The number of piperazine rings is 1. The van der Waals surface area contributed by atoms with E-state index in [1.54, 1.807) is 65.7 Å². The Kier molecular flexibility index (Phi) is 11.4. The summed E-state index contributed by atoms with van der Waals surface area (Å²) in [5.41, 5.74) is -0.599. The van der Waals surface area contributed by atoms with Crippen LogP contribution in [0.3, 0.4) is 0 Å². The van der Waals surface area contributed by atoms with Crippen molar-refractivity contribution in [2.45, 2.75) is 38.6 Å². The minimum Gasteiger partial charge on any atom is -0.497 e. The number of halogens is 3. The minimum atomic E-state index is -5.08. The number of amides is 2. The molecule has 1 aliphatic rings. The number of aliphatic carboxylic acids is 1. The predicted molar refractivity (Wildman–Crippen MR) is 135 cm³/mol. The van der Waals surface area contributed by atoms with Gasteiger partial charge in [0.05, 0.1) is 19.3 Å². The number of benzene rings is 1. The van der Waals surface area contributed by atoms with Crippen LogP contribution >= 0.6 is 0 Å². The van der Waals surface area contributed by atoms with Gasteiger partial charge in [-0.05, 0) is 57.2 Å². The highest BCUT2D eigenvalue weighted by Crippen LogP contribution is 2.19. The lowest BCUT2D eigenvalue weighted by Gasteiger charge is -2.41. The van der Waals surface area contributed by atoms with Crippen LogP contribution < -0.4 is 14.2 Å². The molecule has 1 N–H and O–H groups in total. The summed E-state index contributed by atoms with van der Waals surface area (Å²) in [5.74, 6) is -1.07. The van der Waals surface area contributed by atoms with Gasteiger partial charge in [0.15, 0.2) is 6.61 Å². The molecule has 40 heavy (non-hydrogen) atoms. The number of pyridine rings is 1. The molecule has 220 valence electrons. The van der Waals surface area contributed by atoms with Crippen molar-refractivity contribution in [1.29, 1.82) is 0 Å². The molecule has 1 aromatic heterocycles. The standard InChI is InChI=1S/C24H31N3O6.C2HF3O2/c1-24(2,3)33-23(29)26-12-13-27(18(15-26)16-31-21-6-5-11-25-14-21)22(28)17-32-20-9-7-19(30-4)8-10-20;3-2(4,5)1(6)7/h5-11,14,18H,12-13,15-17H2,1-4H3;(H,6,7). The number of nitrogens with zero attached hydrogens (tertiary/aromatic N) is 3. The number of ether oxygens (including phenoxy) is 4. The molecule has 11 nitrogen and oxygen atoms in total. The second-order valence-electron chi connectivity index (χ2n) is 9.43. The van der Waals surface area contributed by atoms with E-state index in [0.717, 1.165) is 0 Å². The van der Waals surface area contributed by atoms with Gasteiger partial charge in [-0.15, -0.1) is 0 Å². The number of methoxy groups -OCH3 is 1. The van der Waals surface area contributed by atoms with Crippen LogP contribution in [0.1, 0.15) is 20.8 Å². The van der Waals surface area contributed by atoms with Gasteiger partial charge >= 0.3 is 18.2 Å². The zero-order valence-electron chi connectivity index (χ0n) is 22.5. The second-order valence-corrected chi connectivity index (χ2v) is 9.43. The fourth-order valence-electron chi connectivity index (χ4n) is 3.34. The molecule has 1 aliphatic heterocycles. The number of rotatable bonds is 7. The van der Waals surface area contributed by atoms with Crippen molar-refractivity contribution in [1.82, 2.24) is 14.8 Å². The summed E-state index contributed by atoms with van der Waals surface area (Å²) in [5, 5.41) is 7.12. The molecule has 1 saturated heterocycles. The zero-order chi connectivity index (χ0) is 29.9. The number of carboxylic acids is 1. The van der Waals surface area contributed by atoms with Crippen LogP contribution in [-0.4, -0.2) is 95.6 Å². The molecule has 0 spiro atoms. The first-order valence-corrected chi connectivity index (χ1v) is 12.1. The lowest BCUT2D eigenvalue weighted by molar-refractivity contribution is -0.192. The van der Waals surface area contributed by atoms with E-state index in [9.17, 15) is 22.8 Å². The Hall–Kier alpha value is -4.23. The van der Waals surface area contributed by atoms with Gasteiger partial charge in [-0.3, -0.25) is 9.78 Å². The Morgan fingerprint density at radius 3 is 2.15 bits per heavy atom. The van der Waals surface area contributed by atoms with E-state index in [0.29, 0.717) is 36.9 Å². The molecule has 1 fully saturated rings. The van der Waals surface area contributed by atoms with E-state index in [2.05, 4.69) is 4.98 Å². The highest BCUT2D eigenvalue weighted by molar-refractivity contribution is 5.79. The van der Waals surface area contributed by atoms with Gasteiger partial charge in [-0.1, -0.05) is 0 Å². The Balaban J connectivity index is 0.000000708. The molecule has 2 heterocycles. The number of carboxylic acid groups (broad SMARTS) is 1. The minimum absolute atomic E-state index is 0.123. The smallest absolute Gasteiger partial charge is 0.490 e. The summed E-state index contributed by atoms with van der Waals surface area (Å²) in [4.78, 5) is 41.8. The molecule has 3 rings (SSSR count). The number of aromatic nitrogens is 1. The van der Waals surface area contributed by atoms with Crippen LogP contribution in [0.2, 0.25) is 0 Å². The summed E-state index contributed by atoms with van der Waals surface area (Å²) in [6.07, 6.45) is -2.23. The first-order chi connectivity index (χ1) is 18.7. The SMILES string of the molecule is COc1ccc(OCC(=O)N2CCN(C(=O)OC(C)(C)C)CC2COc2cccnc2)cc1.O=C(O)C(F)(F)F. The Bertz CT molecular complexity index is 1110. The summed E-state index contributed by atoms with van der Waals surface area (Å²) >= 11 is 0. The highest BCUT2D eigenvalue weighted by atomic mass is 19.4. The van der Waals surface area contributed by atoms with Gasteiger partial charge < -0.3 is 33.9 Å². The van der Waals surface area contributed by atoms with Crippen LogP contribution in [-0.2, 0) is 14.3 Å². The zero-order valence-corrected chi connectivity index (χ0v) is 22.5. The molecule has 2 amide bonds. The topological polar surface area (TPSA) is 128 Å². The van der Waals surface area contributed by atoms with E-state index in [1.165, 1.54) is 0 Å². The number of alkyl halides is 3.